The van der Waals surface area contributed by atoms with Crippen LogP contribution in [-0.2, 0) is 11.3 Å². The van der Waals surface area contributed by atoms with Crippen LogP contribution in [0.4, 0.5) is 5.82 Å². The van der Waals surface area contributed by atoms with E-state index in [4.69, 9.17) is 14.6 Å². The minimum Gasteiger partial charge on any atom is -0.491 e. The van der Waals surface area contributed by atoms with Crippen molar-refractivity contribution in [1.82, 2.24) is 9.97 Å². The highest BCUT2D eigenvalue weighted by Crippen LogP contribution is 2.19. The number of hydrogen-bond donors (Lipinski definition) is 2. The number of carbonyl (C=O) groups is 1. The van der Waals surface area contributed by atoms with Gasteiger partial charge in [0.15, 0.2) is 5.69 Å². The van der Waals surface area contributed by atoms with E-state index in [-0.39, 0.29) is 5.69 Å². The Labute approximate surface area is 127 Å². The second-order valence-electron chi connectivity index (χ2n) is 4.39. The molecular weight excluding hydrogens is 286 g/mol. The molecule has 1 aromatic carbocycles. The number of methoxy groups -OCH3 is 1. The lowest BCUT2D eigenvalue weighted by molar-refractivity contribution is 0.0690. The molecule has 0 aliphatic carbocycles. The highest BCUT2D eigenvalue weighted by Gasteiger charge is 2.06. The first kappa shape index (κ1) is 15.7. The number of ether oxygens (including phenoxy) is 2. The zero-order chi connectivity index (χ0) is 15.8. The molecule has 1 heterocycles. The Kier molecular flexibility index (Phi) is 5.67. The number of carboxylic acid groups (broad SMARTS) is 1. The van der Waals surface area contributed by atoms with Crippen LogP contribution in [0.1, 0.15) is 16.1 Å². The molecule has 1 aromatic heterocycles. The van der Waals surface area contributed by atoms with E-state index in [9.17, 15) is 4.79 Å². The van der Waals surface area contributed by atoms with E-state index in [1.165, 1.54) is 12.4 Å². The first-order chi connectivity index (χ1) is 10.7. The van der Waals surface area contributed by atoms with Crippen molar-refractivity contribution in [2.45, 2.75) is 6.54 Å². The van der Waals surface area contributed by atoms with Gasteiger partial charge in [-0.05, 0) is 6.07 Å². The van der Waals surface area contributed by atoms with Crippen LogP contribution in [0, 0.1) is 0 Å². The molecule has 0 unspecified atom stereocenters. The van der Waals surface area contributed by atoms with Crippen molar-refractivity contribution >= 4 is 11.8 Å². The molecule has 0 spiro atoms. The summed E-state index contributed by atoms with van der Waals surface area (Å²) >= 11 is 0. The maximum absolute atomic E-state index is 10.7. The summed E-state index contributed by atoms with van der Waals surface area (Å²) in [5.41, 5.74) is 0.872. The number of aromatic carboxylic acids is 1. The Balaban J connectivity index is 1.97. The summed E-state index contributed by atoms with van der Waals surface area (Å²) in [6, 6.07) is 7.63. The van der Waals surface area contributed by atoms with Crippen molar-refractivity contribution in [2.75, 3.05) is 25.6 Å². The standard InChI is InChI=1S/C15H17N3O4/c1-21-6-7-22-13-5-3-2-4-11(13)8-17-14-10-16-12(9-18-14)15(19)20/h2-5,9-10H,6-8H2,1H3,(H,17,18)(H,19,20). The summed E-state index contributed by atoms with van der Waals surface area (Å²) in [6.07, 6.45) is 2.60. The van der Waals surface area contributed by atoms with Crippen LogP contribution < -0.4 is 10.1 Å². The summed E-state index contributed by atoms with van der Waals surface area (Å²) in [6.45, 7) is 1.48. The normalized spacial score (nSPS) is 10.2. The number of nitrogens with zero attached hydrogens (tertiary/aromatic N) is 2. The number of para-hydroxylation sites is 1. The van der Waals surface area contributed by atoms with Crippen LogP contribution in [-0.4, -0.2) is 41.4 Å². The van der Waals surface area contributed by atoms with Gasteiger partial charge in [0.1, 0.15) is 18.2 Å². The van der Waals surface area contributed by atoms with Crippen molar-refractivity contribution < 1.29 is 19.4 Å². The van der Waals surface area contributed by atoms with E-state index in [0.717, 1.165) is 11.3 Å². The number of rotatable bonds is 8. The average molecular weight is 303 g/mol. The highest BCUT2D eigenvalue weighted by molar-refractivity contribution is 5.84. The van der Waals surface area contributed by atoms with Gasteiger partial charge in [-0.2, -0.15) is 0 Å². The molecule has 7 nitrogen and oxygen atoms in total. The smallest absolute Gasteiger partial charge is 0.356 e. The predicted molar refractivity (Wildman–Crippen MR) is 80.1 cm³/mol. The van der Waals surface area contributed by atoms with Gasteiger partial charge in [-0.15, -0.1) is 0 Å². The Morgan fingerprint density at radius 3 is 2.73 bits per heavy atom. The number of benzene rings is 1. The fourth-order valence-corrected chi connectivity index (χ4v) is 1.74. The van der Waals surface area contributed by atoms with Gasteiger partial charge in [-0.3, -0.25) is 0 Å². The lowest BCUT2D eigenvalue weighted by Crippen LogP contribution is -2.09. The summed E-state index contributed by atoms with van der Waals surface area (Å²) < 4.78 is 10.6. The molecule has 7 heteroatoms. The van der Waals surface area contributed by atoms with Crippen LogP contribution in [0.5, 0.6) is 5.75 Å². The van der Waals surface area contributed by atoms with Gasteiger partial charge in [0.2, 0.25) is 0 Å². The quantitative estimate of drug-likeness (QED) is 0.718. The van der Waals surface area contributed by atoms with Crippen LogP contribution in [0.15, 0.2) is 36.7 Å². The first-order valence-electron chi connectivity index (χ1n) is 6.69. The molecule has 116 valence electrons. The lowest BCUT2D eigenvalue weighted by Gasteiger charge is -2.12. The van der Waals surface area contributed by atoms with E-state index < -0.39 is 5.97 Å². The average Bonchev–Trinajstić information content (AvgIpc) is 2.54. The van der Waals surface area contributed by atoms with E-state index >= 15 is 0 Å². The number of carboxylic acids is 1. The van der Waals surface area contributed by atoms with Crippen molar-refractivity contribution in [3.8, 4) is 5.75 Å². The SMILES string of the molecule is COCCOc1ccccc1CNc1cnc(C(=O)O)cn1. The zero-order valence-corrected chi connectivity index (χ0v) is 12.2. The maximum atomic E-state index is 10.7. The van der Waals surface area contributed by atoms with Crippen LogP contribution in [0.3, 0.4) is 0 Å². The molecule has 2 aromatic rings. The third kappa shape index (κ3) is 4.42. The summed E-state index contributed by atoms with van der Waals surface area (Å²) in [5.74, 6) is 0.162. The molecule has 22 heavy (non-hydrogen) atoms. The van der Waals surface area contributed by atoms with Gasteiger partial charge in [0, 0.05) is 19.2 Å². The maximum Gasteiger partial charge on any atom is 0.356 e. The van der Waals surface area contributed by atoms with Crippen molar-refractivity contribution in [1.29, 1.82) is 0 Å². The second-order valence-corrected chi connectivity index (χ2v) is 4.39. The lowest BCUT2D eigenvalue weighted by atomic mass is 10.2. The van der Waals surface area contributed by atoms with Crippen molar-refractivity contribution in [3.05, 3.63) is 47.9 Å². The van der Waals surface area contributed by atoms with Gasteiger partial charge in [0.25, 0.3) is 0 Å². The fraction of sp³-hybridized carbons (Fsp3) is 0.267. The molecule has 0 saturated heterocycles. The Hall–Kier alpha value is -2.67. The molecule has 0 aliphatic rings. The van der Waals surface area contributed by atoms with Crippen molar-refractivity contribution in [3.63, 3.8) is 0 Å². The minimum atomic E-state index is -1.10. The van der Waals surface area contributed by atoms with E-state index in [0.29, 0.717) is 25.6 Å². The molecular formula is C15H17N3O4. The van der Waals surface area contributed by atoms with Crippen LogP contribution in [0.2, 0.25) is 0 Å². The monoisotopic (exact) mass is 303 g/mol. The highest BCUT2D eigenvalue weighted by atomic mass is 16.5. The predicted octanol–water partition coefficient (Wildman–Crippen LogP) is 1.81. The summed E-state index contributed by atoms with van der Waals surface area (Å²) in [7, 11) is 1.62. The Bertz CT molecular complexity index is 616. The molecule has 0 aliphatic heterocycles. The molecule has 0 fully saturated rings. The topological polar surface area (TPSA) is 93.6 Å². The fourth-order valence-electron chi connectivity index (χ4n) is 1.74. The third-order valence-electron chi connectivity index (χ3n) is 2.85. The van der Waals surface area contributed by atoms with Gasteiger partial charge in [-0.1, -0.05) is 18.2 Å². The zero-order valence-electron chi connectivity index (χ0n) is 12.2. The van der Waals surface area contributed by atoms with Crippen LogP contribution >= 0.6 is 0 Å². The Morgan fingerprint density at radius 1 is 1.23 bits per heavy atom. The molecule has 0 bridgehead atoms. The molecule has 0 saturated carbocycles. The summed E-state index contributed by atoms with van der Waals surface area (Å²) in [4.78, 5) is 18.5. The third-order valence-corrected chi connectivity index (χ3v) is 2.85. The molecule has 2 rings (SSSR count). The molecule has 0 amide bonds. The number of nitrogens with one attached hydrogen (secondary N) is 1. The minimum absolute atomic E-state index is 0.0890. The summed E-state index contributed by atoms with van der Waals surface area (Å²) in [5, 5.41) is 11.9. The molecule has 2 N–H and O–H groups in total. The van der Waals surface area contributed by atoms with Gasteiger partial charge in [-0.25, -0.2) is 14.8 Å². The first-order valence-corrected chi connectivity index (χ1v) is 6.69. The van der Waals surface area contributed by atoms with Crippen LogP contribution in [0.25, 0.3) is 0 Å². The molecule has 0 atom stereocenters. The van der Waals surface area contributed by atoms with Gasteiger partial charge < -0.3 is 19.9 Å². The van der Waals surface area contributed by atoms with Crippen molar-refractivity contribution in [2.24, 2.45) is 0 Å². The van der Waals surface area contributed by atoms with E-state index in [1.807, 2.05) is 24.3 Å². The van der Waals surface area contributed by atoms with E-state index in [1.54, 1.807) is 7.11 Å². The molecule has 0 radical (unpaired) electrons. The van der Waals surface area contributed by atoms with Gasteiger partial charge >= 0.3 is 5.97 Å². The number of anilines is 1. The second kappa shape index (κ2) is 7.94. The number of aromatic nitrogens is 2. The largest absolute Gasteiger partial charge is 0.491 e. The van der Waals surface area contributed by atoms with E-state index in [2.05, 4.69) is 15.3 Å². The Morgan fingerprint density at radius 2 is 2.05 bits per heavy atom. The van der Waals surface area contributed by atoms with Gasteiger partial charge in [0.05, 0.1) is 19.0 Å². The number of hydrogen-bond acceptors (Lipinski definition) is 6.